The molecular formula is C28H26FN5O4. The Kier molecular flexibility index (Phi) is 8.30. The summed E-state index contributed by atoms with van der Waals surface area (Å²) in [6.07, 6.45) is 2.83. The lowest BCUT2D eigenvalue weighted by Crippen LogP contribution is -2.24. The molecule has 9 nitrogen and oxygen atoms in total. The van der Waals surface area contributed by atoms with Gasteiger partial charge in [0, 0.05) is 32.1 Å². The van der Waals surface area contributed by atoms with E-state index in [4.69, 9.17) is 9.47 Å². The molecule has 4 aromatic rings. The molecule has 0 saturated heterocycles. The first kappa shape index (κ1) is 26.3. The van der Waals surface area contributed by atoms with Crippen molar-refractivity contribution in [3.63, 3.8) is 0 Å². The molecule has 1 amide bonds. The van der Waals surface area contributed by atoms with Crippen LogP contribution in [0.5, 0.6) is 5.75 Å². The molecule has 0 fully saturated rings. The number of halogens is 1. The van der Waals surface area contributed by atoms with E-state index >= 15 is 0 Å². The Bertz CT molecular complexity index is 1540. The third-order valence-corrected chi connectivity index (χ3v) is 5.90. The standard InChI is InChI=1S/C28H26FN5O4/c1-37-18-26-25(28(36)31-13-22-11-24(38-2)9-7-21(22)12-30)17-34(32-26)15-20-5-3-19(4-6-20)14-33-16-23(29)8-10-27(33)35/h3-11,16-17H,13-15,18H2,1-2H3,(H,31,36). The predicted octanol–water partition coefficient (Wildman–Crippen LogP) is 3.24. The summed E-state index contributed by atoms with van der Waals surface area (Å²) < 4.78 is 26.9. The summed E-state index contributed by atoms with van der Waals surface area (Å²) in [6.45, 7) is 0.951. The number of nitrogens with one attached hydrogen (secondary N) is 1. The number of carbonyl (C=O) groups excluding carboxylic acids is 1. The largest absolute Gasteiger partial charge is 0.497 e. The minimum atomic E-state index is -0.472. The zero-order chi connectivity index (χ0) is 27.1. The first-order valence-electron chi connectivity index (χ1n) is 11.7. The minimum Gasteiger partial charge on any atom is -0.497 e. The van der Waals surface area contributed by atoms with Crippen molar-refractivity contribution in [1.29, 1.82) is 5.26 Å². The third-order valence-electron chi connectivity index (χ3n) is 5.90. The average molecular weight is 516 g/mol. The van der Waals surface area contributed by atoms with Gasteiger partial charge in [0.05, 0.1) is 44.0 Å². The summed E-state index contributed by atoms with van der Waals surface area (Å²) >= 11 is 0. The molecule has 0 radical (unpaired) electrons. The molecule has 0 unspecified atom stereocenters. The van der Waals surface area contributed by atoms with Gasteiger partial charge in [-0.1, -0.05) is 24.3 Å². The zero-order valence-corrected chi connectivity index (χ0v) is 21.0. The van der Waals surface area contributed by atoms with Gasteiger partial charge in [0.15, 0.2) is 0 Å². The van der Waals surface area contributed by atoms with Gasteiger partial charge in [-0.25, -0.2) is 4.39 Å². The number of methoxy groups -OCH3 is 2. The van der Waals surface area contributed by atoms with E-state index < -0.39 is 5.82 Å². The van der Waals surface area contributed by atoms with Gasteiger partial charge < -0.3 is 19.4 Å². The Morgan fingerprint density at radius 3 is 2.47 bits per heavy atom. The van der Waals surface area contributed by atoms with Gasteiger partial charge in [-0.05, 0) is 41.0 Å². The lowest BCUT2D eigenvalue weighted by Gasteiger charge is -2.09. The molecule has 2 aromatic heterocycles. The van der Waals surface area contributed by atoms with E-state index in [9.17, 15) is 19.2 Å². The summed E-state index contributed by atoms with van der Waals surface area (Å²) in [5, 5.41) is 16.7. The van der Waals surface area contributed by atoms with E-state index in [0.717, 1.165) is 17.2 Å². The normalized spacial score (nSPS) is 10.7. The summed E-state index contributed by atoms with van der Waals surface area (Å²) in [4.78, 5) is 25.0. The summed E-state index contributed by atoms with van der Waals surface area (Å²) in [7, 11) is 3.06. The minimum absolute atomic E-state index is 0.145. The van der Waals surface area contributed by atoms with Crippen molar-refractivity contribution >= 4 is 5.91 Å². The van der Waals surface area contributed by atoms with Crippen LogP contribution in [0, 0.1) is 17.1 Å². The Labute approximate surface area is 218 Å². The highest BCUT2D eigenvalue weighted by Crippen LogP contribution is 2.18. The Morgan fingerprint density at radius 2 is 1.79 bits per heavy atom. The second-order valence-electron chi connectivity index (χ2n) is 8.57. The van der Waals surface area contributed by atoms with Crippen LogP contribution in [0.1, 0.15) is 38.3 Å². The van der Waals surface area contributed by atoms with E-state index in [-0.39, 0.29) is 31.2 Å². The number of benzene rings is 2. The Balaban J connectivity index is 1.46. The highest BCUT2D eigenvalue weighted by atomic mass is 19.1. The molecule has 0 aliphatic rings. The molecule has 10 heteroatoms. The van der Waals surface area contributed by atoms with Gasteiger partial charge in [0.25, 0.3) is 11.5 Å². The number of carbonyl (C=O) groups is 1. The van der Waals surface area contributed by atoms with Crippen LogP contribution in [0.15, 0.2) is 71.8 Å². The highest BCUT2D eigenvalue weighted by molar-refractivity contribution is 5.95. The summed E-state index contributed by atoms with van der Waals surface area (Å²) in [6, 6.07) is 17.0. The molecule has 4 rings (SSSR count). The van der Waals surface area contributed by atoms with Crippen molar-refractivity contribution in [2.24, 2.45) is 0 Å². The molecule has 194 valence electrons. The predicted molar refractivity (Wildman–Crippen MR) is 137 cm³/mol. The van der Waals surface area contributed by atoms with Crippen LogP contribution in [-0.4, -0.2) is 34.5 Å². The number of hydrogen-bond acceptors (Lipinski definition) is 6. The lowest BCUT2D eigenvalue weighted by atomic mass is 10.1. The van der Waals surface area contributed by atoms with Crippen LogP contribution in [-0.2, 0) is 31.0 Å². The maximum atomic E-state index is 13.5. The van der Waals surface area contributed by atoms with Gasteiger partial charge in [-0.15, -0.1) is 0 Å². The fourth-order valence-electron chi connectivity index (χ4n) is 3.96. The zero-order valence-electron chi connectivity index (χ0n) is 21.0. The molecular weight excluding hydrogens is 489 g/mol. The van der Waals surface area contributed by atoms with E-state index in [1.165, 1.54) is 31.0 Å². The third kappa shape index (κ3) is 6.32. The smallest absolute Gasteiger partial charge is 0.255 e. The van der Waals surface area contributed by atoms with Crippen LogP contribution in [0.2, 0.25) is 0 Å². The first-order chi connectivity index (χ1) is 18.4. The summed E-state index contributed by atoms with van der Waals surface area (Å²) in [5.41, 5.74) is 3.43. The molecule has 0 saturated carbocycles. The molecule has 2 heterocycles. The van der Waals surface area contributed by atoms with Crippen LogP contribution < -0.4 is 15.6 Å². The molecule has 2 aromatic carbocycles. The van der Waals surface area contributed by atoms with Crippen LogP contribution in [0.25, 0.3) is 0 Å². The maximum absolute atomic E-state index is 13.5. The molecule has 0 aliphatic heterocycles. The van der Waals surface area contributed by atoms with Crippen LogP contribution >= 0.6 is 0 Å². The van der Waals surface area contributed by atoms with Crippen molar-refractivity contribution in [3.05, 3.63) is 117 Å². The number of rotatable bonds is 10. The van der Waals surface area contributed by atoms with E-state index in [1.54, 1.807) is 29.1 Å². The van der Waals surface area contributed by atoms with Crippen molar-refractivity contribution in [2.75, 3.05) is 14.2 Å². The molecule has 0 spiro atoms. The number of pyridine rings is 1. The quantitative estimate of drug-likeness (QED) is 0.347. The topological polar surface area (TPSA) is 111 Å². The lowest BCUT2D eigenvalue weighted by molar-refractivity contribution is 0.0945. The fraction of sp³-hybridized carbons (Fsp3) is 0.214. The van der Waals surface area contributed by atoms with Gasteiger partial charge in [0.2, 0.25) is 0 Å². The maximum Gasteiger partial charge on any atom is 0.255 e. The SMILES string of the molecule is COCc1nn(Cc2ccc(Cn3cc(F)ccc3=O)cc2)cc1C(=O)NCc1cc(OC)ccc1C#N. The van der Waals surface area contributed by atoms with E-state index in [2.05, 4.69) is 16.5 Å². The van der Waals surface area contributed by atoms with Crippen molar-refractivity contribution < 1.29 is 18.7 Å². The van der Waals surface area contributed by atoms with Crippen LogP contribution in [0.4, 0.5) is 4.39 Å². The molecule has 0 bridgehead atoms. The van der Waals surface area contributed by atoms with Crippen molar-refractivity contribution in [2.45, 2.75) is 26.2 Å². The number of nitriles is 1. The Hall–Kier alpha value is -4.75. The van der Waals surface area contributed by atoms with Gasteiger partial charge in [0.1, 0.15) is 17.3 Å². The number of ether oxygens (including phenoxy) is 2. The van der Waals surface area contributed by atoms with Crippen molar-refractivity contribution in [1.82, 2.24) is 19.7 Å². The number of nitrogens with zero attached hydrogens (tertiary/aromatic N) is 4. The second kappa shape index (κ2) is 12.0. The number of amides is 1. The average Bonchev–Trinajstić information content (AvgIpc) is 3.32. The number of aromatic nitrogens is 3. The summed E-state index contributed by atoms with van der Waals surface area (Å²) in [5.74, 6) is -0.221. The molecule has 38 heavy (non-hydrogen) atoms. The molecule has 0 atom stereocenters. The monoisotopic (exact) mass is 515 g/mol. The van der Waals surface area contributed by atoms with Gasteiger partial charge >= 0.3 is 0 Å². The van der Waals surface area contributed by atoms with Crippen molar-refractivity contribution in [3.8, 4) is 11.8 Å². The Morgan fingerprint density at radius 1 is 1.05 bits per heavy atom. The van der Waals surface area contributed by atoms with Gasteiger partial charge in [-0.3, -0.25) is 14.3 Å². The number of hydrogen-bond donors (Lipinski definition) is 1. The van der Waals surface area contributed by atoms with E-state index in [1.807, 2.05) is 24.3 Å². The molecule has 0 aliphatic carbocycles. The second-order valence-corrected chi connectivity index (χ2v) is 8.57. The fourth-order valence-corrected chi connectivity index (χ4v) is 3.96. The highest BCUT2D eigenvalue weighted by Gasteiger charge is 2.17. The van der Waals surface area contributed by atoms with Crippen LogP contribution in [0.3, 0.4) is 0 Å². The van der Waals surface area contributed by atoms with Gasteiger partial charge in [-0.2, -0.15) is 10.4 Å². The van der Waals surface area contributed by atoms with E-state index in [0.29, 0.717) is 34.7 Å². The molecule has 1 N–H and O–H groups in total. The first-order valence-corrected chi connectivity index (χ1v) is 11.7.